The molecule has 2 N–H and O–H groups in total. The van der Waals surface area contributed by atoms with Gasteiger partial charge in [-0.1, -0.05) is 24.6 Å². The Bertz CT molecular complexity index is 441. The monoisotopic (exact) mass is 244 g/mol. The summed E-state index contributed by atoms with van der Waals surface area (Å²) in [6.07, 6.45) is 5.45. The van der Waals surface area contributed by atoms with E-state index in [-0.39, 0.29) is 5.54 Å². The standard InChI is InChI=1S/C16H24N2/c1-16(2,17)14-8-4-7-13-9-10-18(15(13)14)11-12-5-3-6-12/h4,7-8,12H,3,5-6,9-11,17H2,1-2H3. The Hall–Kier alpha value is -1.02. The van der Waals surface area contributed by atoms with E-state index in [2.05, 4.69) is 36.9 Å². The zero-order valence-electron chi connectivity index (χ0n) is 11.6. The van der Waals surface area contributed by atoms with Crippen LogP contribution in [0.4, 0.5) is 5.69 Å². The van der Waals surface area contributed by atoms with E-state index in [9.17, 15) is 0 Å². The van der Waals surface area contributed by atoms with Gasteiger partial charge in [-0.2, -0.15) is 0 Å². The highest BCUT2D eigenvalue weighted by molar-refractivity contribution is 5.65. The molecule has 1 aromatic rings. The van der Waals surface area contributed by atoms with Gasteiger partial charge in [0.25, 0.3) is 0 Å². The topological polar surface area (TPSA) is 29.3 Å². The molecular formula is C16H24N2. The van der Waals surface area contributed by atoms with Crippen molar-refractivity contribution in [2.75, 3.05) is 18.0 Å². The minimum absolute atomic E-state index is 0.243. The molecule has 18 heavy (non-hydrogen) atoms. The average Bonchev–Trinajstić information content (AvgIpc) is 2.65. The van der Waals surface area contributed by atoms with Gasteiger partial charge in [0, 0.05) is 24.3 Å². The molecule has 1 fully saturated rings. The number of hydrogen-bond donors (Lipinski definition) is 1. The van der Waals surface area contributed by atoms with E-state index < -0.39 is 0 Å². The van der Waals surface area contributed by atoms with Crippen LogP contribution >= 0.6 is 0 Å². The minimum Gasteiger partial charge on any atom is -0.370 e. The third kappa shape index (κ3) is 2.03. The van der Waals surface area contributed by atoms with Crippen LogP contribution in [0.3, 0.4) is 0 Å². The lowest BCUT2D eigenvalue weighted by molar-refractivity contribution is 0.319. The molecule has 1 aliphatic carbocycles. The van der Waals surface area contributed by atoms with E-state index in [1.54, 1.807) is 0 Å². The number of nitrogens with zero attached hydrogens (tertiary/aromatic N) is 1. The fourth-order valence-corrected chi connectivity index (χ4v) is 3.22. The van der Waals surface area contributed by atoms with Crippen LogP contribution in [-0.2, 0) is 12.0 Å². The van der Waals surface area contributed by atoms with Crippen LogP contribution < -0.4 is 10.6 Å². The van der Waals surface area contributed by atoms with Crippen LogP contribution in [0, 0.1) is 5.92 Å². The van der Waals surface area contributed by atoms with Gasteiger partial charge < -0.3 is 10.6 Å². The summed E-state index contributed by atoms with van der Waals surface area (Å²) in [7, 11) is 0. The number of hydrogen-bond acceptors (Lipinski definition) is 2. The highest BCUT2D eigenvalue weighted by Crippen LogP contribution is 2.38. The Morgan fingerprint density at radius 2 is 2.11 bits per heavy atom. The third-order valence-corrected chi connectivity index (χ3v) is 4.48. The van der Waals surface area contributed by atoms with Gasteiger partial charge in [-0.15, -0.1) is 0 Å². The summed E-state index contributed by atoms with van der Waals surface area (Å²) in [6, 6.07) is 6.64. The van der Waals surface area contributed by atoms with Crippen molar-refractivity contribution in [1.82, 2.24) is 0 Å². The van der Waals surface area contributed by atoms with Crippen molar-refractivity contribution in [2.24, 2.45) is 11.7 Å². The van der Waals surface area contributed by atoms with Crippen LogP contribution in [0.2, 0.25) is 0 Å². The molecule has 98 valence electrons. The molecule has 3 rings (SSSR count). The molecule has 0 spiro atoms. The quantitative estimate of drug-likeness (QED) is 0.885. The molecule has 0 unspecified atom stereocenters. The zero-order valence-corrected chi connectivity index (χ0v) is 11.6. The zero-order chi connectivity index (χ0) is 12.8. The predicted molar refractivity (Wildman–Crippen MR) is 76.9 cm³/mol. The van der Waals surface area contributed by atoms with Crippen molar-refractivity contribution in [1.29, 1.82) is 0 Å². The summed E-state index contributed by atoms with van der Waals surface area (Å²) >= 11 is 0. The summed E-state index contributed by atoms with van der Waals surface area (Å²) in [5.74, 6) is 0.921. The maximum atomic E-state index is 6.34. The van der Waals surface area contributed by atoms with Crippen molar-refractivity contribution in [3.8, 4) is 0 Å². The molecule has 0 amide bonds. The molecule has 2 aliphatic rings. The molecule has 0 bridgehead atoms. The van der Waals surface area contributed by atoms with Gasteiger partial charge in [0.2, 0.25) is 0 Å². The molecule has 1 heterocycles. The first kappa shape index (κ1) is 12.0. The predicted octanol–water partition coefficient (Wildman–Crippen LogP) is 3.04. The highest BCUT2D eigenvalue weighted by atomic mass is 15.2. The molecule has 1 aliphatic heterocycles. The first-order valence-corrected chi connectivity index (χ1v) is 7.22. The highest BCUT2D eigenvalue weighted by Gasteiger charge is 2.30. The van der Waals surface area contributed by atoms with Crippen LogP contribution in [0.5, 0.6) is 0 Å². The number of rotatable bonds is 3. The first-order valence-electron chi connectivity index (χ1n) is 7.22. The summed E-state index contributed by atoms with van der Waals surface area (Å²) in [4.78, 5) is 2.59. The Morgan fingerprint density at radius 3 is 2.72 bits per heavy atom. The van der Waals surface area contributed by atoms with Gasteiger partial charge in [0.05, 0.1) is 0 Å². The second-order valence-corrected chi connectivity index (χ2v) is 6.53. The number of anilines is 1. The maximum absolute atomic E-state index is 6.34. The van der Waals surface area contributed by atoms with E-state index in [4.69, 9.17) is 5.73 Å². The van der Waals surface area contributed by atoms with Crippen LogP contribution in [0.15, 0.2) is 18.2 Å². The Morgan fingerprint density at radius 1 is 1.33 bits per heavy atom. The number of fused-ring (bicyclic) bond motifs is 1. The fourth-order valence-electron chi connectivity index (χ4n) is 3.22. The van der Waals surface area contributed by atoms with E-state index >= 15 is 0 Å². The maximum Gasteiger partial charge on any atom is 0.0450 e. The lowest BCUT2D eigenvalue weighted by atomic mass is 9.84. The van der Waals surface area contributed by atoms with Crippen LogP contribution in [0.25, 0.3) is 0 Å². The van der Waals surface area contributed by atoms with Gasteiger partial charge in [-0.25, -0.2) is 0 Å². The summed E-state index contributed by atoms with van der Waals surface area (Å²) in [6.45, 7) is 6.64. The lowest BCUT2D eigenvalue weighted by Gasteiger charge is -2.34. The molecule has 0 aromatic heterocycles. The van der Waals surface area contributed by atoms with Crippen molar-refractivity contribution in [2.45, 2.75) is 45.1 Å². The average molecular weight is 244 g/mol. The van der Waals surface area contributed by atoms with E-state index in [0.717, 1.165) is 5.92 Å². The molecule has 1 saturated carbocycles. The van der Waals surface area contributed by atoms with Crippen molar-refractivity contribution in [3.63, 3.8) is 0 Å². The van der Waals surface area contributed by atoms with Gasteiger partial charge in [-0.3, -0.25) is 0 Å². The molecule has 2 heteroatoms. The smallest absolute Gasteiger partial charge is 0.0450 e. The third-order valence-electron chi connectivity index (χ3n) is 4.48. The van der Waals surface area contributed by atoms with Crippen molar-refractivity contribution < 1.29 is 0 Å². The second kappa shape index (κ2) is 4.27. The fraction of sp³-hybridized carbons (Fsp3) is 0.625. The van der Waals surface area contributed by atoms with E-state index in [1.165, 1.54) is 55.6 Å². The summed E-state index contributed by atoms with van der Waals surface area (Å²) in [5.41, 5.74) is 10.3. The molecule has 0 saturated heterocycles. The summed E-state index contributed by atoms with van der Waals surface area (Å²) < 4.78 is 0. The van der Waals surface area contributed by atoms with Crippen LogP contribution in [0.1, 0.15) is 44.2 Å². The van der Waals surface area contributed by atoms with Crippen molar-refractivity contribution in [3.05, 3.63) is 29.3 Å². The molecule has 0 atom stereocenters. The van der Waals surface area contributed by atoms with Crippen LogP contribution in [-0.4, -0.2) is 13.1 Å². The van der Waals surface area contributed by atoms with Gasteiger partial charge in [0.1, 0.15) is 0 Å². The molecule has 0 radical (unpaired) electrons. The SMILES string of the molecule is CC(C)(N)c1cccc2c1N(CC1CCC1)CC2. The number of nitrogens with two attached hydrogens (primary N) is 1. The van der Waals surface area contributed by atoms with Gasteiger partial charge >= 0.3 is 0 Å². The van der Waals surface area contributed by atoms with Gasteiger partial charge in [0.15, 0.2) is 0 Å². The van der Waals surface area contributed by atoms with Gasteiger partial charge in [-0.05, 0) is 50.2 Å². The first-order chi connectivity index (χ1) is 8.55. The number of benzene rings is 1. The van der Waals surface area contributed by atoms with Crippen molar-refractivity contribution >= 4 is 5.69 Å². The number of para-hydroxylation sites is 1. The van der Waals surface area contributed by atoms with E-state index in [0.29, 0.717) is 0 Å². The molecule has 2 nitrogen and oxygen atoms in total. The molecular weight excluding hydrogens is 220 g/mol. The normalized spacial score (nSPS) is 19.8. The largest absolute Gasteiger partial charge is 0.370 e. The Kier molecular flexibility index (Phi) is 2.86. The van der Waals surface area contributed by atoms with E-state index in [1.807, 2.05) is 0 Å². The lowest BCUT2D eigenvalue weighted by Crippen LogP contribution is -2.35. The summed E-state index contributed by atoms with van der Waals surface area (Å²) in [5, 5.41) is 0. The molecule has 1 aromatic carbocycles. The Labute approximate surface area is 110 Å². The second-order valence-electron chi connectivity index (χ2n) is 6.53. The Balaban J connectivity index is 1.92. The minimum atomic E-state index is -0.243.